The normalized spacial score (nSPS) is 12.1. The van der Waals surface area contributed by atoms with Gasteiger partial charge in [-0.05, 0) is 44.0 Å². The average molecular weight is 430 g/mol. The maximum Gasteiger partial charge on any atom is 0.310 e. The highest BCUT2D eigenvalue weighted by atomic mass is 79.9. The number of carbonyl (C=O) groups is 1. The highest BCUT2D eigenvalue weighted by molar-refractivity contribution is 9.11. The largest absolute Gasteiger partial charge is 0.469 e. The van der Waals surface area contributed by atoms with Gasteiger partial charge in [-0.2, -0.15) is 0 Å². The Bertz CT molecular complexity index is 400. The Hall–Kier alpha value is -0.0700. The first kappa shape index (κ1) is 15.0. The molecule has 1 aromatic rings. The van der Waals surface area contributed by atoms with Gasteiger partial charge >= 0.3 is 5.97 Å². The first-order valence-corrected chi connectivity index (χ1v) is 7.29. The molecule has 1 N–H and O–H groups in total. The third-order valence-electron chi connectivity index (χ3n) is 2.20. The number of rotatable bonds is 4. The van der Waals surface area contributed by atoms with Gasteiger partial charge in [-0.3, -0.25) is 4.79 Å². The summed E-state index contributed by atoms with van der Waals surface area (Å²) in [6.45, 7) is 2.34. The zero-order chi connectivity index (χ0) is 13.0. The summed E-state index contributed by atoms with van der Waals surface area (Å²) in [5, 5.41) is 3.21. The van der Waals surface area contributed by atoms with Gasteiger partial charge in [0.25, 0.3) is 0 Å². The van der Waals surface area contributed by atoms with Gasteiger partial charge in [-0.25, -0.2) is 0 Å². The Balaban J connectivity index is 2.73. The van der Waals surface area contributed by atoms with Crippen LogP contribution in [0, 0.1) is 5.92 Å². The quantitative estimate of drug-likeness (QED) is 0.729. The summed E-state index contributed by atoms with van der Waals surface area (Å²) in [6, 6.07) is 3.88. The van der Waals surface area contributed by atoms with E-state index in [1.807, 2.05) is 19.1 Å². The van der Waals surface area contributed by atoms with Crippen molar-refractivity contribution in [3.63, 3.8) is 0 Å². The summed E-state index contributed by atoms with van der Waals surface area (Å²) in [4.78, 5) is 11.3. The topological polar surface area (TPSA) is 38.3 Å². The molecule has 1 aromatic carbocycles. The van der Waals surface area contributed by atoms with E-state index in [4.69, 9.17) is 0 Å². The van der Waals surface area contributed by atoms with Gasteiger partial charge in [-0.15, -0.1) is 0 Å². The molecule has 0 saturated carbocycles. The molecule has 94 valence electrons. The number of halogens is 3. The standard InChI is InChI=1S/C11H12Br3NO2/c1-6(11(16)17-2)5-15-10-8(13)3-7(12)4-9(10)14/h3-4,6,15H,5H2,1-2H3. The van der Waals surface area contributed by atoms with Crippen LogP contribution in [-0.4, -0.2) is 19.6 Å². The zero-order valence-corrected chi connectivity index (χ0v) is 14.1. The fourth-order valence-corrected chi connectivity index (χ4v) is 3.79. The molecule has 0 aliphatic rings. The third-order valence-corrected chi connectivity index (χ3v) is 3.90. The molecular formula is C11H12Br3NO2. The molecular weight excluding hydrogens is 418 g/mol. The lowest BCUT2D eigenvalue weighted by atomic mass is 10.2. The van der Waals surface area contributed by atoms with Crippen LogP contribution in [0.2, 0.25) is 0 Å². The minimum Gasteiger partial charge on any atom is -0.469 e. The van der Waals surface area contributed by atoms with Gasteiger partial charge in [0.1, 0.15) is 0 Å². The lowest BCUT2D eigenvalue weighted by molar-refractivity contribution is -0.144. The van der Waals surface area contributed by atoms with Crippen molar-refractivity contribution in [1.82, 2.24) is 0 Å². The minimum atomic E-state index is -0.221. The lowest BCUT2D eigenvalue weighted by Gasteiger charge is -2.14. The first-order valence-electron chi connectivity index (χ1n) is 4.92. The highest BCUT2D eigenvalue weighted by Gasteiger charge is 2.14. The Kier molecular flexibility index (Phi) is 5.95. The van der Waals surface area contributed by atoms with E-state index < -0.39 is 0 Å². The molecule has 0 radical (unpaired) electrons. The van der Waals surface area contributed by atoms with Crippen LogP contribution in [0.25, 0.3) is 0 Å². The predicted octanol–water partition coefficient (Wildman–Crippen LogP) is 4.20. The van der Waals surface area contributed by atoms with E-state index in [1.165, 1.54) is 7.11 Å². The van der Waals surface area contributed by atoms with E-state index in [0.29, 0.717) is 6.54 Å². The molecule has 1 rings (SSSR count). The number of ether oxygens (including phenoxy) is 1. The molecule has 1 unspecified atom stereocenters. The van der Waals surface area contributed by atoms with Crippen molar-refractivity contribution < 1.29 is 9.53 Å². The molecule has 17 heavy (non-hydrogen) atoms. The van der Waals surface area contributed by atoms with Crippen molar-refractivity contribution in [3.8, 4) is 0 Å². The summed E-state index contributed by atoms with van der Waals surface area (Å²) in [5.74, 6) is -0.413. The Morgan fingerprint density at radius 3 is 2.35 bits per heavy atom. The molecule has 6 heteroatoms. The number of benzene rings is 1. The average Bonchev–Trinajstić information content (AvgIpc) is 2.26. The zero-order valence-electron chi connectivity index (χ0n) is 9.39. The number of hydrogen-bond acceptors (Lipinski definition) is 3. The van der Waals surface area contributed by atoms with Gasteiger partial charge in [0.2, 0.25) is 0 Å². The van der Waals surface area contributed by atoms with Crippen LogP contribution >= 0.6 is 47.8 Å². The molecule has 0 spiro atoms. The Labute approximate surface area is 126 Å². The number of methoxy groups -OCH3 is 1. The van der Waals surface area contributed by atoms with Crippen LogP contribution in [0.4, 0.5) is 5.69 Å². The van der Waals surface area contributed by atoms with E-state index in [9.17, 15) is 4.79 Å². The second kappa shape index (κ2) is 6.75. The van der Waals surface area contributed by atoms with Crippen LogP contribution in [0.15, 0.2) is 25.6 Å². The second-order valence-electron chi connectivity index (χ2n) is 3.55. The molecule has 0 heterocycles. The third kappa shape index (κ3) is 4.26. The SMILES string of the molecule is COC(=O)C(C)CNc1c(Br)cc(Br)cc1Br. The van der Waals surface area contributed by atoms with Gasteiger partial charge in [-0.1, -0.05) is 22.9 Å². The van der Waals surface area contributed by atoms with Gasteiger partial charge in [0, 0.05) is 20.0 Å². The fourth-order valence-electron chi connectivity index (χ4n) is 1.25. The number of hydrogen-bond donors (Lipinski definition) is 1. The molecule has 1 atom stereocenters. The van der Waals surface area contributed by atoms with Crippen LogP contribution in [0.3, 0.4) is 0 Å². The van der Waals surface area contributed by atoms with Crippen molar-refractivity contribution in [2.75, 3.05) is 19.0 Å². The molecule has 0 aliphatic carbocycles. The fraction of sp³-hybridized carbons (Fsp3) is 0.364. The van der Waals surface area contributed by atoms with E-state index in [2.05, 4.69) is 57.8 Å². The number of nitrogens with one attached hydrogen (secondary N) is 1. The number of anilines is 1. The summed E-state index contributed by atoms with van der Waals surface area (Å²) < 4.78 is 7.50. The Morgan fingerprint density at radius 2 is 1.88 bits per heavy atom. The summed E-state index contributed by atoms with van der Waals surface area (Å²) >= 11 is 10.3. The van der Waals surface area contributed by atoms with Crippen molar-refractivity contribution >= 4 is 59.4 Å². The second-order valence-corrected chi connectivity index (χ2v) is 6.17. The molecule has 0 saturated heterocycles. The first-order chi connectivity index (χ1) is 7.95. The van der Waals surface area contributed by atoms with Crippen molar-refractivity contribution in [2.24, 2.45) is 5.92 Å². The number of carbonyl (C=O) groups excluding carboxylic acids is 1. The summed E-state index contributed by atoms with van der Waals surface area (Å²) in [7, 11) is 1.39. The van der Waals surface area contributed by atoms with E-state index in [0.717, 1.165) is 19.1 Å². The van der Waals surface area contributed by atoms with Gasteiger partial charge < -0.3 is 10.1 Å². The Morgan fingerprint density at radius 1 is 1.35 bits per heavy atom. The summed E-state index contributed by atoms with van der Waals surface area (Å²) in [5.41, 5.74) is 0.920. The van der Waals surface area contributed by atoms with Crippen molar-refractivity contribution in [3.05, 3.63) is 25.6 Å². The maximum absolute atomic E-state index is 11.3. The van der Waals surface area contributed by atoms with Crippen LogP contribution < -0.4 is 5.32 Å². The molecule has 0 bridgehead atoms. The molecule has 0 aromatic heterocycles. The maximum atomic E-state index is 11.3. The lowest BCUT2D eigenvalue weighted by Crippen LogP contribution is -2.21. The van der Waals surface area contributed by atoms with Crippen molar-refractivity contribution in [1.29, 1.82) is 0 Å². The predicted molar refractivity (Wildman–Crippen MR) is 79.2 cm³/mol. The smallest absolute Gasteiger partial charge is 0.310 e. The molecule has 0 fully saturated rings. The van der Waals surface area contributed by atoms with Gasteiger partial charge in [0.15, 0.2) is 0 Å². The van der Waals surface area contributed by atoms with Crippen LogP contribution in [0.1, 0.15) is 6.92 Å². The van der Waals surface area contributed by atoms with Crippen molar-refractivity contribution in [2.45, 2.75) is 6.92 Å². The van der Waals surface area contributed by atoms with E-state index in [1.54, 1.807) is 0 Å². The van der Waals surface area contributed by atoms with E-state index in [-0.39, 0.29) is 11.9 Å². The molecule has 3 nitrogen and oxygen atoms in total. The molecule has 0 aliphatic heterocycles. The monoisotopic (exact) mass is 427 g/mol. The van der Waals surface area contributed by atoms with Gasteiger partial charge in [0.05, 0.1) is 18.7 Å². The molecule has 0 amide bonds. The highest BCUT2D eigenvalue weighted by Crippen LogP contribution is 2.34. The van der Waals surface area contributed by atoms with E-state index >= 15 is 0 Å². The summed E-state index contributed by atoms with van der Waals surface area (Å²) in [6.07, 6.45) is 0. The van der Waals surface area contributed by atoms with Crippen LogP contribution in [0.5, 0.6) is 0 Å². The van der Waals surface area contributed by atoms with Crippen LogP contribution in [-0.2, 0) is 9.53 Å². The minimum absolute atomic E-state index is 0.192. The number of esters is 1.